The van der Waals surface area contributed by atoms with Gasteiger partial charge in [0.15, 0.2) is 0 Å². The number of allylic oxidation sites excluding steroid dienone is 2. The minimum atomic E-state index is -8.08. The van der Waals surface area contributed by atoms with E-state index in [1.165, 1.54) is 32.1 Å². The highest BCUT2D eigenvalue weighted by molar-refractivity contribution is 6.60. The van der Waals surface area contributed by atoms with Crippen molar-refractivity contribution in [2.24, 2.45) is 0 Å². The highest BCUT2D eigenvalue weighted by Crippen LogP contribution is 2.64. The quantitative estimate of drug-likeness (QED) is 0.0194. The van der Waals surface area contributed by atoms with Gasteiger partial charge >= 0.3 is 144 Å². The highest BCUT2D eigenvalue weighted by Gasteiger charge is 2.95. The second kappa shape index (κ2) is 50.8. The van der Waals surface area contributed by atoms with Crippen LogP contribution in [0.3, 0.4) is 0 Å². The number of carbonyl (C=O) groups excluding carboxylic acids is 2. The van der Waals surface area contributed by atoms with Gasteiger partial charge in [-0.15, -0.1) is 13.2 Å². The standard InChI is InChI=1S/C23H35F13O5Si.C17H19F13O2.C10H20O.C7HF13O2.C6H16O3Si/c1-4-39-42(40-5-2,41-6-3)16-14-12-10-8-7-9-11-13-15-38-17(37)18(24,25)19(26,27)20(28,29)21(30,31)22(32,33)23(34,35)36;1-2-3-4-5-6-7-8-9-10-32-11(31)12(18,19)13(20,21)14(22,23)15(24,25)16(26,27)17(28,29)30;1-2-3-4-5-6-7-8-9-10-11;8-2(9,1(21)22)3(10,11)4(12,13)5(14,15)6(16,17)7(18,19)20;1-4-7-10(8-5-2)9-6-3/h4-16H2,1-3H3;2H,1,3-10H2;2,11H,1,3-10H2;(H,21,22);10H,4-6H2,1-3H3. The van der Waals surface area contributed by atoms with Crippen LogP contribution in [0.5, 0.6) is 0 Å². The third-order valence-electron chi connectivity index (χ3n) is 15.0. The molecule has 0 heterocycles. The minimum Gasteiger partial charge on any atom is -0.477 e. The maximum absolute atomic E-state index is 13.7. The second-order valence-electron chi connectivity index (χ2n) is 24.0. The predicted octanol–water partition coefficient (Wildman–Crippen LogP) is 23.1. The van der Waals surface area contributed by atoms with Crippen LogP contribution in [-0.2, 0) is 50.4 Å². The first-order chi connectivity index (χ1) is 52.7. The molecule has 54 heteroatoms. The molecule has 0 aliphatic carbocycles. The smallest absolute Gasteiger partial charge is 0.477 e. The molecule has 702 valence electrons. The number of aliphatic hydroxyl groups excluding tert-OH is 1. The molecule has 0 aliphatic heterocycles. The Morgan fingerprint density at radius 1 is 0.299 bits per heavy atom. The number of carboxylic acid groups (broad SMARTS) is 1. The summed E-state index contributed by atoms with van der Waals surface area (Å²) in [5.41, 5.74) is 0. The third kappa shape index (κ3) is 32.2. The number of carboxylic acids is 1. The summed E-state index contributed by atoms with van der Waals surface area (Å²) in [6.45, 7) is 20.1. The molecule has 0 aromatic heterocycles. The molecule has 0 rings (SSSR count). The predicted molar refractivity (Wildman–Crippen MR) is 338 cm³/mol. The van der Waals surface area contributed by atoms with E-state index < -0.39 is 157 Å². The summed E-state index contributed by atoms with van der Waals surface area (Å²) in [6.07, 6.45) is -2.96. The van der Waals surface area contributed by atoms with Gasteiger partial charge in [0.05, 0.1) is 13.2 Å². The van der Waals surface area contributed by atoms with Crippen molar-refractivity contribution >= 4 is 36.2 Å². The average Bonchev–Trinajstić information content (AvgIpc) is 0.721. The van der Waals surface area contributed by atoms with Crippen LogP contribution >= 0.6 is 0 Å². The van der Waals surface area contributed by atoms with Crippen LogP contribution in [0, 0.1) is 0 Å². The first-order valence-corrected chi connectivity index (χ1v) is 38.1. The Hall–Kier alpha value is -4.69. The molecule has 0 saturated heterocycles. The summed E-state index contributed by atoms with van der Waals surface area (Å²) >= 11 is 0. The molecule has 0 radical (unpaired) electrons. The van der Waals surface area contributed by atoms with E-state index in [2.05, 4.69) is 22.6 Å². The fourth-order valence-corrected chi connectivity index (χ4v) is 12.3. The average molecular weight is 1850 g/mol. The van der Waals surface area contributed by atoms with Crippen molar-refractivity contribution in [3.05, 3.63) is 25.3 Å². The molecule has 13 nitrogen and oxygen atoms in total. The molecule has 0 aromatic carbocycles. The van der Waals surface area contributed by atoms with Crippen molar-refractivity contribution in [1.29, 1.82) is 0 Å². The number of alkyl halides is 39. The summed E-state index contributed by atoms with van der Waals surface area (Å²) in [5, 5.41) is 16.0. The van der Waals surface area contributed by atoms with Crippen LogP contribution in [0.1, 0.15) is 183 Å². The third-order valence-corrected chi connectivity index (χ3v) is 20.0. The molecule has 0 spiro atoms. The highest BCUT2D eigenvalue weighted by atomic mass is 28.4. The van der Waals surface area contributed by atoms with Gasteiger partial charge < -0.3 is 46.2 Å². The molecular weight excluding hydrogens is 1760 g/mol. The lowest BCUT2D eigenvalue weighted by Gasteiger charge is -2.38. The largest absolute Gasteiger partial charge is 0.500 e. The van der Waals surface area contributed by atoms with Gasteiger partial charge in [0, 0.05) is 52.3 Å². The Labute approximate surface area is 648 Å². The first-order valence-electron chi connectivity index (χ1n) is 34.8. The van der Waals surface area contributed by atoms with Gasteiger partial charge in [0.25, 0.3) is 0 Å². The molecule has 0 fully saturated rings. The van der Waals surface area contributed by atoms with E-state index in [1.54, 1.807) is 6.08 Å². The van der Waals surface area contributed by atoms with E-state index in [0.717, 1.165) is 57.8 Å². The van der Waals surface area contributed by atoms with Crippen molar-refractivity contribution < 1.29 is 232 Å². The Morgan fingerprint density at radius 3 is 0.726 bits per heavy atom. The zero-order valence-corrected chi connectivity index (χ0v) is 65.1. The molecule has 0 bridgehead atoms. The zero-order chi connectivity index (χ0) is 93.5. The Bertz CT molecular complexity index is 2750. The number of aliphatic carboxylic acids is 1. The molecule has 0 atom stereocenters. The zero-order valence-electron chi connectivity index (χ0n) is 62.9. The normalized spacial score (nSPS) is 13.9. The van der Waals surface area contributed by atoms with Crippen molar-refractivity contribution in [1.82, 2.24) is 0 Å². The number of hydrogen-bond donors (Lipinski definition) is 2. The van der Waals surface area contributed by atoms with Crippen LogP contribution < -0.4 is 0 Å². The van der Waals surface area contributed by atoms with E-state index in [-0.39, 0.29) is 25.7 Å². The van der Waals surface area contributed by atoms with Crippen LogP contribution in [0.25, 0.3) is 0 Å². The minimum absolute atomic E-state index is 0.177. The Morgan fingerprint density at radius 2 is 0.513 bits per heavy atom. The lowest BCUT2D eigenvalue weighted by Crippen LogP contribution is -2.71. The fourth-order valence-electron chi connectivity index (χ4n) is 8.47. The Kier molecular flexibility index (Phi) is 52.5. The van der Waals surface area contributed by atoms with Gasteiger partial charge in [0.1, 0.15) is 0 Å². The second-order valence-corrected chi connectivity index (χ2v) is 28.3. The number of ether oxygens (including phenoxy) is 2. The van der Waals surface area contributed by atoms with E-state index >= 15 is 0 Å². The number of rotatable bonds is 55. The summed E-state index contributed by atoms with van der Waals surface area (Å²) in [4.78, 5) is 32.1. The van der Waals surface area contributed by atoms with Crippen molar-refractivity contribution in [2.75, 3.05) is 59.5 Å². The van der Waals surface area contributed by atoms with Crippen molar-refractivity contribution in [2.45, 2.75) is 296 Å². The molecule has 0 aliphatic rings. The number of halogens is 39. The van der Waals surface area contributed by atoms with E-state index in [0.29, 0.717) is 78.0 Å². The molecule has 0 unspecified atom stereocenters. The maximum Gasteiger partial charge on any atom is 0.500 e. The molecule has 0 amide bonds. The van der Waals surface area contributed by atoms with Crippen molar-refractivity contribution in [3.63, 3.8) is 0 Å². The maximum atomic E-state index is 13.7. The fraction of sp³-hybridized carbons (Fsp3) is 0.889. The topological polar surface area (TPSA) is 166 Å². The molecule has 2 N–H and O–H groups in total. The number of hydrogen-bond acceptors (Lipinski definition) is 12. The van der Waals surface area contributed by atoms with Gasteiger partial charge in [0.2, 0.25) is 0 Å². The van der Waals surface area contributed by atoms with E-state index in [4.69, 9.17) is 36.8 Å². The molecule has 0 saturated carbocycles. The van der Waals surface area contributed by atoms with Crippen molar-refractivity contribution in [3.8, 4) is 0 Å². The van der Waals surface area contributed by atoms with Gasteiger partial charge in [-0.25, -0.2) is 14.4 Å². The SMILES string of the molecule is C=CCCCCCCCCO.C=CCCCCCCCCOC(=O)C(F)(F)C(F)(F)C(F)(F)C(F)(F)C(F)(F)C(F)(F)F.CCO[SiH](OCC)OCC.CCO[Si](CCCCCCCCCCOC(=O)C(F)(F)C(F)(F)C(F)(F)C(F)(F)C(F)(F)C(F)(F)F)(OCC)OCC.O=C(O)C(F)(F)C(F)(F)C(F)(F)C(F)(F)C(F)(F)C(F)(F)F. The first kappa shape index (κ1) is 121. The van der Waals surface area contributed by atoms with Crippen LogP contribution in [0.15, 0.2) is 25.3 Å². The van der Waals surface area contributed by atoms with Gasteiger partial charge in [-0.1, -0.05) is 102 Å². The van der Waals surface area contributed by atoms with Crippen LogP contribution in [0.2, 0.25) is 6.04 Å². The van der Waals surface area contributed by atoms with Gasteiger partial charge in [-0.05, 0) is 92.9 Å². The molecule has 117 heavy (non-hydrogen) atoms. The number of unbranched alkanes of at least 4 members (excludes halogenated alkanes) is 19. The number of aliphatic hydroxyl groups is 1. The lowest BCUT2D eigenvalue weighted by atomic mass is 9.94. The summed E-state index contributed by atoms with van der Waals surface area (Å²) in [5.74, 6) is -127. The Balaban J connectivity index is -0.000000489. The van der Waals surface area contributed by atoms with Crippen LogP contribution in [0.4, 0.5) is 171 Å². The van der Waals surface area contributed by atoms with Gasteiger partial charge in [-0.3, -0.25) is 0 Å². The number of esters is 2. The number of carbonyl (C=O) groups is 3. The summed E-state index contributed by atoms with van der Waals surface area (Å²) < 4.78 is 538. The van der Waals surface area contributed by atoms with E-state index in [1.807, 2.05) is 47.6 Å². The van der Waals surface area contributed by atoms with E-state index in [9.17, 15) is 186 Å². The lowest BCUT2D eigenvalue weighted by molar-refractivity contribution is -0.437. The monoisotopic (exact) mass is 1850 g/mol. The summed E-state index contributed by atoms with van der Waals surface area (Å²) in [7, 11) is -4.49. The summed E-state index contributed by atoms with van der Waals surface area (Å²) in [6, 6.07) is 0.617. The van der Waals surface area contributed by atoms with Crippen LogP contribution in [-0.4, -0.2) is 213 Å². The van der Waals surface area contributed by atoms with Gasteiger partial charge in [-0.2, -0.15) is 171 Å². The molecular formula is C63H91F39O13Si2. The molecule has 0 aromatic rings.